The molecule has 1 aromatic rings. The third kappa shape index (κ3) is 1.07. The van der Waals surface area contributed by atoms with Gasteiger partial charge in [0.2, 0.25) is 0 Å². The first kappa shape index (κ1) is 6.28. The first-order valence-corrected chi connectivity index (χ1v) is 3.45. The smallest absolute Gasteiger partial charge is 0.169 e. The van der Waals surface area contributed by atoms with Crippen molar-refractivity contribution in [3.8, 4) is 11.5 Å². The lowest BCUT2D eigenvalue weighted by atomic mass is 10.2. The van der Waals surface area contributed by atoms with E-state index in [1.165, 1.54) is 18.1 Å². The predicted molar refractivity (Wildman–Crippen MR) is 41.6 cm³/mol. The molecule has 1 aliphatic heterocycles. The molecule has 2 rings (SSSR count). The number of aryl methyl sites for hydroxylation is 1. The van der Waals surface area contributed by atoms with Gasteiger partial charge in [0.1, 0.15) is 12.5 Å². The summed E-state index contributed by atoms with van der Waals surface area (Å²) in [6, 6.07) is 5.83. The highest BCUT2D eigenvalue weighted by atomic mass is 16.5. The topological polar surface area (TPSA) is 18.5 Å². The number of benzene rings is 1. The van der Waals surface area contributed by atoms with Crippen LogP contribution in [0.5, 0.6) is 11.5 Å². The summed E-state index contributed by atoms with van der Waals surface area (Å²) in [5, 5.41) is 0. The number of ether oxygens (including phenoxy) is 2. The lowest BCUT2D eigenvalue weighted by Crippen LogP contribution is -1.95. The number of fused-ring (bicyclic) bond motifs is 1. The van der Waals surface area contributed by atoms with Gasteiger partial charge in [0, 0.05) is 0 Å². The molecule has 1 aromatic carbocycles. The van der Waals surface area contributed by atoms with Crippen molar-refractivity contribution in [3.05, 3.63) is 36.3 Å². The van der Waals surface area contributed by atoms with E-state index in [2.05, 4.69) is 0 Å². The molecule has 0 fully saturated rings. The van der Waals surface area contributed by atoms with E-state index in [1.54, 1.807) is 0 Å². The molecule has 0 amide bonds. The molecular formula is C9H8O2. The molecule has 0 aromatic heterocycles. The van der Waals surface area contributed by atoms with Crippen molar-refractivity contribution >= 4 is 0 Å². The van der Waals surface area contributed by atoms with Gasteiger partial charge >= 0.3 is 0 Å². The minimum absolute atomic E-state index is 0.776. The van der Waals surface area contributed by atoms with Crippen LogP contribution in [0.15, 0.2) is 30.7 Å². The largest absolute Gasteiger partial charge is 0.458 e. The molecular weight excluding hydrogens is 140 g/mol. The van der Waals surface area contributed by atoms with Gasteiger partial charge in [-0.1, -0.05) is 6.07 Å². The molecule has 0 N–H and O–H groups in total. The van der Waals surface area contributed by atoms with Gasteiger partial charge in [0.05, 0.1) is 0 Å². The Bertz CT molecular complexity index is 302. The predicted octanol–water partition coefficient (Wildman–Crippen LogP) is 2.24. The van der Waals surface area contributed by atoms with Gasteiger partial charge < -0.3 is 9.47 Å². The second kappa shape index (κ2) is 2.31. The zero-order valence-electron chi connectivity index (χ0n) is 6.20. The molecule has 0 unspecified atom stereocenters. The lowest BCUT2D eigenvalue weighted by Gasteiger charge is -2.11. The third-order valence-corrected chi connectivity index (χ3v) is 1.54. The van der Waals surface area contributed by atoms with Crippen LogP contribution in [0.4, 0.5) is 0 Å². The van der Waals surface area contributed by atoms with E-state index in [-0.39, 0.29) is 0 Å². The van der Waals surface area contributed by atoms with Crippen LogP contribution < -0.4 is 9.47 Å². The molecule has 0 radical (unpaired) electrons. The SMILES string of the molecule is Cc1ccc2c(c1)OC=CO2. The fraction of sp³-hybridized carbons (Fsp3) is 0.111. The maximum Gasteiger partial charge on any atom is 0.169 e. The lowest BCUT2D eigenvalue weighted by molar-refractivity contribution is 0.361. The van der Waals surface area contributed by atoms with Gasteiger partial charge in [-0.15, -0.1) is 0 Å². The van der Waals surface area contributed by atoms with Gasteiger partial charge in [-0.2, -0.15) is 0 Å². The number of rotatable bonds is 0. The van der Waals surface area contributed by atoms with Gasteiger partial charge in [0.15, 0.2) is 11.5 Å². The van der Waals surface area contributed by atoms with Crippen LogP contribution in [0.1, 0.15) is 5.56 Å². The molecule has 2 heteroatoms. The molecule has 0 aliphatic carbocycles. The molecule has 0 saturated heterocycles. The Hall–Kier alpha value is -1.44. The van der Waals surface area contributed by atoms with Crippen LogP contribution in [0.3, 0.4) is 0 Å². The number of hydrogen-bond acceptors (Lipinski definition) is 2. The molecule has 11 heavy (non-hydrogen) atoms. The van der Waals surface area contributed by atoms with E-state index >= 15 is 0 Å². The van der Waals surface area contributed by atoms with E-state index < -0.39 is 0 Å². The van der Waals surface area contributed by atoms with Crippen LogP contribution >= 0.6 is 0 Å². The maximum absolute atomic E-state index is 5.20. The zero-order valence-corrected chi connectivity index (χ0v) is 6.20. The van der Waals surface area contributed by atoms with Crippen LogP contribution in [-0.4, -0.2) is 0 Å². The van der Waals surface area contributed by atoms with Crippen molar-refractivity contribution in [1.29, 1.82) is 0 Å². The highest BCUT2D eigenvalue weighted by Gasteiger charge is 2.06. The van der Waals surface area contributed by atoms with Crippen LogP contribution in [0.2, 0.25) is 0 Å². The molecule has 2 nitrogen and oxygen atoms in total. The van der Waals surface area contributed by atoms with E-state index in [4.69, 9.17) is 9.47 Å². The fourth-order valence-electron chi connectivity index (χ4n) is 1.01. The summed E-state index contributed by atoms with van der Waals surface area (Å²) in [5.41, 5.74) is 1.17. The second-order valence-corrected chi connectivity index (χ2v) is 2.46. The summed E-state index contributed by atoms with van der Waals surface area (Å²) < 4.78 is 10.4. The normalized spacial score (nSPS) is 13.2. The Balaban J connectivity index is 2.48. The summed E-state index contributed by atoms with van der Waals surface area (Å²) in [5.74, 6) is 1.56. The van der Waals surface area contributed by atoms with Crippen molar-refractivity contribution in [1.82, 2.24) is 0 Å². The first-order valence-electron chi connectivity index (χ1n) is 3.45. The van der Waals surface area contributed by atoms with E-state index in [1.807, 2.05) is 25.1 Å². The zero-order chi connectivity index (χ0) is 7.68. The van der Waals surface area contributed by atoms with E-state index in [0.717, 1.165) is 11.5 Å². The van der Waals surface area contributed by atoms with Crippen molar-refractivity contribution in [2.75, 3.05) is 0 Å². The van der Waals surface area contributed by atoms with Crippen LogP contribution in [-0.2, 0) is 0 Å². The molecule has 1 heterocycles. The minimum Gasteiger partial charge on any atom is -0.458 e. The average Bonchev–Trinajstić information content (AvgIpc) is 2.04. The molecule has 0 bridgehead atoms. The Morgan fingerprint density at radius 2 is 1.73 bits per heavy atom. The second-order valence-electron chi connectivity index (χ2n) is 2.46. The highest BCUT2D eigenvalue weighted by Crippen LogP contribution is 2.30. The molecule has 0 spiro atoms. The van der Waals surface area contributed by atoms with Crippen LogP contribution in [0, 0.1) is 6.92 Å². The molecule has 0 atom stereocenters. The Kier molecular flexibility index (Phi) is 1.32. The monoisotopic (exact) mass is 148 g/mol. The molecule has 56 valence electrons. The molecule has 1 aliphatic rings. The standard InChI is InChI=1S/C9H8O2/c1-7-2-3-8-9(6-7)11-5-4-10-8/h2-6H,1H3. The highest BCUT2D eigenvalue weighted by molar-refractivity contribution is 5.44. The third-order valence-electron chi connectivity index (χ3n) is 1.54. The average molecular weight is 148 g/mol. The van der Waals surface area contributed by atoms with E-state index in [0.29, 0.717) is 0 Å². The van der Waals surface area contributed by atoms with Gasteiger partial charge in [0.25, 0.3) is 0 Å². The Morgan fingerprint density at radius 1 is 1.00 bits per heavy atom. The van der Waals surface area contributed by atoms with Crippen molar-refractivity contribution in [2.45, 2.75) is 6.92 Å². The Morgan fingerprint density at radius 3 is 2.55 bits per heavy atom. The summed E-state index contributed by atoms with van der Waals surface area (Å²) in [6.45, 7) is 2.02. The Labute approximate surface area is 65.1 Å². The van der Waals surface area contributed by atoms with Crippen molar-refractivity contribution in [3.63, 3.8) is 0 Å². The first-order chi connectivity index (χ1) is 5.36. The summed E-state index contributed by atoms with van der Waals surface area (Å²) in [7, 11) is 0. The van der Waals surface area contributed by atoms with Gasteiger partial charge in [-0.25, -0.2) is 0 Å². The van der Waals surface area contributed by atoms with Gasteiger partial charge in [-0.05, 0) is 24.6 Å². The molecule has 0 saturated carbocycles. The summed E-state index contributed by atoms with van der Waals surface area (Å²) in [6.07, 6.45) is 3.06. The van der Waals surface area contributed by atoms with E-state index in [9.17, 15) is 0 Å². The van der Waals surface area contributed by atoms with Crippen molar-refractivity contribution < 1.29 is 9.47 Å². The summed E-state index contributed by atoms with van der Waals surface area (Å²) >= 11 is 0. The van der Waals surface area contributed by atoms with Crippen LogP contribution in [0.25, 0.3) is 0 Å². The maximum atomic E-state index is 5.20. The number of hydrogen-bond donors (Lipinski definition) is 0. The van der Waals surface area contributed by atoms with Crippen molar-refractivity contribution in [2.24, 2.45) is 0 Å². The fourth-order valence-corrected chi connectivity index (χ4v) is 1.01. The quantitative estimate of drug-likeness (QED) is 0.561. The van der Waals surface area contributed by atoms with Gasteiger partial charge in [-0.3, -0.25) is 0 Å². The minimum atomic E-state index is 0.776. The summed E-state index contributed by atoms with van der Waals surface area (Å²) in [4.78, 5) is 0.